The number of hydrogen-bond donors (Lipinski definition) is 1. The van der Waals surface area contributed by atoms with E-state index < -0.39 is 11.2 Å². The highest BCUT2D eigenvalue weighted by atomic mass is 35.5. The Morgan fingerprint density at radius 2 is 1.78 bits per heavy atom. The molecule has 45 heavy (non-hydrogen) atoms. The lowest BCUT2D eigenvalue weighted by Gasteiger charge is -2.41. The highest BCUT2D eigenvalue weighted by Gasteiger charge is 2.34. The summed E-state index contributed by atoms with van der Waals surface area (Å²) < 4.78 is 29.2. The van der Waals surface area contributed by atoms with Gasteiger partial charge in [-0.25, -0.2) is 14.4 Å². The van der Waals surface area contributed by atoms with Gasteiger partial charge in [0.2, 0.25) is 0 Å². The number of pyridine rings is 1. The first kappa shape index (κ1) is 31.5. The van der Waals surface area contributed by atoms with Crippen LogP contribution in [0.1, 0.15) is 45.1 Å². The molecule has 0 spiro atoms. The Hall–Kier alpha value is -3.43. The first-order valence-corrected chi connectivity index (χ1v) is 17.2. The van der Waals surface area contributed by atoms with Crippen LogP contribution in [0, 0.1) is 11.2 Å². The van der Waals surface area contributed by atoms with Crippen molar-refractivity contribution in [2.45, 2.75) is 63.1 Å². The summed E-state index contributed by atoms with van der Waals surface area (Å²) in [7, 11) is 0. The second kappa shape index (κ2) is 13.5. The number of rotatable bonds is 10. The third kappa shape index (κ3) is 7.52. The van der Waals surface area contributed by atoms with E-state index in [1.165, 1.54) is 6.07 Å². The molecule has 1 aliphatic rings. The maximum Gasteiger partial charge on any atom is 0.152 e. The van der Waals surface area contributed by atoms with Gasteiger partial charge >= 0.3 is 0 Å². The maximum absolute atomic E-state index is 13.9. The fourth-order valence-corrected chi connectivity index (χ4v) is 7.96. The summed E-state index contributed by atoms with van der Waals surface area (Å²) in [6, 6.07) is 25.0. The smallest absolute Gasteiger partial charge is 0.152 e. The number of hydrogen-bond acceptors (Lipinski definition) is 5. The molecule has 1 fully saturated rings. The van der Waals surface area contributed by atoms with E-state index in [-0.39, 0.29) is 23.3 Å². The van der Waals surface area contributed by atoms with E-state index in [0.29, 0.717) is 23.9 Å². The van der Waals surface area contributed by atoms with Gasteiger partial charge in [0.1, 0.15) is 17.4 Å². The Labute approximate surface area is 272 Å². The van der Waals surface area contributed by atoms with Gasteiger partial charge in [-0.3, -0.25) is 0 Å². The van der Waals surface area contributed by atoms with Crippen LogP contribution in [0.15, 0.2) is 96.3 Å². The first-order chi connectivity index (χ1) is 21.6. The van der Waals surface area contributed by atoms with Crippen LogP contribution >= 0.6 is 11.6 Å². The molecular weight excluding hydrogens is 605 g/mol. The van der Waals surface area contributed by atoms with Crippen molar-refractivity contribution in [3.63, 3.8) is 0 Å². The predicted molar refractivity (Wildman–Crippen MR) is 183 cm³/mol. The number of aromatic nitrogens is 3. The second-order valence-corrected chi connectivity index (χ2v) is 14.8. The van der Waals surface area contributed by atoms with Gasteiger partial charge in [0, 0.05) is 42.3 Å². The van der Waals surface area contributed by atoms with Crippen LogP contribution in [0.25, 0.3) is 22.2 Å². The quantitative estimate of drug-likeness (QED) is 0.157. The van der Waals surface area contributed by atoms with Crippen molar-refractivity contribution in [3.05, 3.63) is 108 Å². The summed E-state index contributed by atoms with van der Waals surface area (Å²) in [5.41, 5.74) is 10.5. The second-order valence-electron chi connectivity index (χ2n) is 12.9. The van der Waals surface area contributed by atoms with E-state index in [0.717, 1.165) is 64.1 Å². The van der Waals surface area contributed by atoms with Crippen molar-refractivity contribution in [3.8, 4) is 11.1 Å². The van der Waals surface area contributed by atoms with Crippen molar-refractivity contribution in [1.29, 1.82) is 0 Å². The van der Waals surface area contributed by atoms with Gasteiger partial charge in [-0.1, -0.05) is 61.8 Å². The topological polar surface area (TPSA) is 83.0 Å². The Bertz CT molecular complexity index is 1760. The normalized spacial score (nSPS) is 17.8. The minimum atomic E-state index is -1.12. The molecule has 1 atom stereocenters. The van der Waals surface area contributed by atoms with Crippen LogP contribution in [0.5, 0.6) is 0 Å². The fourth-order valence-electron chi connectivity index (χ4n) is 6.32. The van der Waals surface area contributed by atoms with Crippen LogP contribution in [0.2, 0.25) is 5.02 Å². The predicted octanol–water partition coefficient (Wildman–Crippen LogP) is 7.85. The number of benzene rings is 3. The summed E-state index contributed by atoms with van der Waals surface area (Å²) in [6.07, 6.45) is 7.40. The molecule has 0 amide bonds. The number of anilines is 1. The van der Waals surface area contributed by atoms with Gasteiger partial charge in [0.25, 0.3) is 0 Å². The lowest BCUT2D eigenvalue weighted by molar-refractivity contribution is 0.332. The molecule has 0 aliphatic heterocycles. The highest BCUT2D eigenvalue weighted by Crippen LogP contribution is 2.36. The SMILES string of the molecule is CC(C)(CN(c1cc(-c2ccc3ncn(Cc4cccc(F)c4)c3c2)c(Cl)cn1)C1CCC(N)CC1)C[S+]([O-])c1ccccc1. The van der Waals surface area contributed by atoms with E-state index in [1.54, 1.807) is 24.7 Å². The molecule has 2 aromatic heterocycles. The van der Waals surface area contributed by atoms with Crippen molar-refractivity contribution in [1.82, 2.24) is 14.5 Å². The monoisotopic (exact) mass is 643 g/mol. The highest BCUT2D eigenvalue weighted by molar-refractivity contribution is 7.91. The number of nitrogens with two attached hydrogens (primary N) is 1. The zero-order chi connectivity index (χ0) is 31.6. The number of halogens is 2. The third-order valence-corrected chi connectivity index (χ3v) is 10.8. The molecule has 1 aliphatic carbocycles. The van der Waals surface area contributed by atoms with Gasteiger partial charge in [-0.15, -0.1) is 0 Å². The average molecular weight is 644 g/mol. The zero-order valence-corrected chi connectivity index (χ0v) is 27.3. The summed E-state index contributed by atoms with van der Waals surface area (Å²) in [5, 5.41) is 0.560. The molecule has 6 rings (SSSR count). The third-order valence-electron chi connectivity index (χ3n) is 8.62. The van der Waals surface area contributed by atoms with Gasteiger partial charge in [0.15, 0.2) is 4.90 Å². The molecule has 0 saturated heterocycles. The molecule has 1 saturated carbocycles. The minimum absolute atomic E-state index is 0.222. The van der Waals surface area contributed by atoms with Gasteiger partial charge < -0.3 is 19.8 Å². The van der Waals surface area contributed by atoms with Gasteiger partial charge in [-0.2, -0.15) is 0 Å². The lowest BCUT2D eigenvalue weighted by atomic mass is 9.88. The number of fused-ring (bicyclic) bond motifs is 1. The zero-order valence-electron chi connectivity index (χ0n) is 25.7. The number of nitrogens with zero attached hydrogens (tertiary/aromatic N) is 4. The summed E-state index contributed by atoms with van der Waals surface area (Å²) >= 11 is 5.70. The van der Waals surface area contributed by atoms with Crippen molar-refractivity contribution >= 4 is 39.6 Å². The first-order valence-electron chi connectivity index (χ1n) is 15.5. The Kier molecular flexibility index (Phi) is 9.47. The van der Waals surface area contributed by atoms with E-state index in [9.17, 15) is 8.94 Å². The van der Waals surface area contributed by atoms with Crippen molar-refractivity contribution in [2.75, 3.05) is 17.2 Å². The molecule has 3 aromatic carbocycles. The van der Waals surface area contributed by atoms with Gasteiger partial charge in [-0.05, 0) is 90.5 Å². The molecule has 2 N–H and O–H groups in total. The molecule has 6 nitrogen and oxygen atoms in total. The molecule has 1 unspecified atom stereocenters. The van der Waals surface area contributed by atoms with E-state index in [4.69, 9.17) is 22.3 Å². The lowest BCUT2D eigenvalue weighted by Crippen LogP contribution is -2.47. The van der Waals surface area contributed by atoms with Crippen LogP contribution < -0.4 is 10.6 Å². The maximum atomic E-state index is 13.9. The Balaban J connectivity index is 1.32. The van der Waals surface area contributed by atoms with E-state index >= 15 is 0 Å². The van der Waals surface area contributed by atoms with Crippen LogP contribution in [-0.4, -0.2) is 43.5 Å². The Morgan fingerprint density at radius 3 is 2.53 bits per heavy atom. The molecule has 5 aromatic rings. The van der Waals surface area contributed by atoms with Gasteiger partial charge in [0.05, 0.1) is 22.4 Å². The molecule has 0 bridgehead atoms. The standard InChI is InChI=1S/C36H39ClFN5OS/c1-36(2,23-45(44)30-9-4-3-5-10-30)22-43(29-14-12-28(39)13-15-29)35-19-31(32(37)20-40-35)26-11-16-33-34(18-26)42(24-41-33)21-25-7-6-8-27(38)17-25/h3-11,16-20,24,28-29H,12-15,21-23,39H2,1-2H3. The summed E-state index contributed by atoms with van der Waals surface area (Å²) in [5.74, 6) is 1.13. The largest absolute Gasteiger partial charge is 0.611 e. The van der Waals surface area contributed by atoms with Crippen LogP contribution in [0.4, 0.5) is 10.2 Å². The average Bonchev–Trinajstić information content (AvgIpc) is 3.42. The van der Waals surface area contributed by atoms with Crippen molar-refractivity contribution < 1.29 is 8.94 Å². The fraction of sp³-hybridized carbons (Fsp3) is 0.333. The van der Waals surface area contributed by atoms with Crippen LogP contribution in [-0.2, 0) is 17.7 Å². The van der Waals surface area contributed by atoms with E-state index in [2.05, 4.69) is 35.9 Å². The minimum Gasteiger partial charge on any atom is -0.611 e. The summed E-state index contributed by atoms with van der Waals surface area (Å²) in [6.45, 7) is 5.56. The molecule has 9 heteroatoms. The van der Waals surface area contributed by atoms with E-state index in [1.807, 2.05) is 53.1 Å². The molecular formula is C36H39ClFN5OS. The van der Waals surface area contributed by atoms with Crippen LogP contribution in [0.3, 0.4) is 0 Å². The Morgan fingerprint density at radius 1 is 1.00 bits per heavy atom. The van der Waals surface area contributed by atoms with Crippen molar-refractivity contribution in [2.24, 2.45) is 11.1 Å². The molecule has 2 heterocycles. The number of imidazole rings is 1. The molecule has 234 valence electrons. The molecule has 0 radical (unpaired) electrons. The summed E-state index contributed by atoms with van der Waals surface area (Å²) in [4.78, 5) is 12.7.